The molecule has 0 saturated heterocycles. The number of aromatic carboxylic acids is 1. The van der Waals surface area contributed by atoms with Crippen molar-refractivity contribution in [3.8, 4) is 0 Å². The lowest BCUT2D eigenvalue weighted by Gasteiger charge is -2.04. The molecule has 0 aliphatic carbocycles. The Bertz CT molecular complexity index is 649. The second-order valence-corrected chi connectivity index (χ2v) is 6.64. The molecule has 114 valence electrons. The highest BCUT2D eigenvalue weighted by Gasteiger charge is 2.01. The van der Waals surface area contributed by atoms with E-state index >= 15 is 0 Å². The first-order valence-electron chi connectivity index (χ1n) is 6.94. The van der Waals surface area contributed by atoms with Gasteiger partial charge in [0.05, 0.1) is 17.5 Å². The number of carboxylic acid groups (broad SMARTS) is 1. The summed E-state index contributed by atoms with van der Waals surface area (Å²) in [7, 11) is 0. The van der Waals surface area contributed by atoms with Crippen molar-refractivity contribution in [2.75, 3.05) is 5.43 Å². The SMILES string of the molecule is CC(C)Sc1ccc(C=NNc2ccc(C(=O)O)cc2)cc1. The Morgan fingerprint density at radius 1 is 1.14 bits per heavy atom. The van der Waals surface area contributed by atoms with Gasteiger partial charge in [-0.05, 0) is 42.0 Å². The Morgan fingerprint density at radius 2 is 1.77 bits per heavy atom. The van der Waals surface area contributed by atoms with E-state index in [1.165, 1.54) is 17.0 Å². The fourth-order valence-corrected chi connectivity index (χ4v) is 2.61. The number of carboxylic acids is 1. The van der Waals surface area contributed by atoms with Crippen LogP contribution in [0.4, 0.5) is 5.69 Å². The molecule has 0 aliphatic heterocycles. The largest absolute Gasteiger partial charge is 0.478 e. The maximum absolute atomic E-state index is 10.8. The average molecular weight is 314 g/mol. The van der Waals surface area contributed by atoms with Crippen molar-refractivity contribution in [3.05, 3.63) is 59.7 Å². The minimum Gasteiger partial charge on any atom is -0.478 e. The minimum absolute atomic E-state index is 0.257. The van der Waals surface area contributed by atoms with Crippen LogP contribution in [0.1, 0.15) is 29.8 Å². The lowest BCUT2D eigenvalue weighted by Crippen LogP contribution is -1.96. The summed E-state index contributed by atoms with van der Waals surface area (Å²) in [5.74, 6) is -0.936. The Morgan fingerprint density at radius 3 is 2.32 bits per heavy atom. The molecule has 0 spiro atoms. The van der Waals surface area contributed by atoms with E-state index in [9.17, 15) is 4.79 Å². The number of nitrogens with zero attached hydrogens (tertiary/aromatic N) is 1. The molecule has 22 heavy (non-hydrogen) atoms. The summed E-state index contributed by atoms with van der Waals surface area (Å²) < 4.78 is 0. The lowest BCUT2D eigenvalue weighted by atomic mass is 10.2. The van der Waals surface area contributed by atoms with Gasteiger partial charge in [0.15, 0.2) is 0 Å². The first-order chi connectivity index (χ1) is 10.5. The van der Waals surface area contributed by atoms with Gasteiger partial charge in [-0.1, -0.05) is 26.0 Å². The van der Waals surface area contributed by atoms with Crippen molar-refractivity contribution >= 4 is 29.6 Å². The molecule has 0 fully saturated rings. The summed E-state index contributed by atoms with van der Waals surface area (Å²) in [4.78, 5) is 12.0. The number of rotatable bonds is 6. The number of hydrazone groups is 1. The molecule has 0 aliphatic rings. The van der Waals surface area contributed by atoms with Gasteiger partial charge in [0.1, 0.15) is 0 Å². The molecule has 5 heteroatoms. The molecule has 0 atom stereocenters. The number of benzene rings is 2. The van der Waals surface area contributed by atoms with Gasteiger partial charge in [-0.2, -0.15) is 5.10 Å². The van der Waals surface area contributed by atoms with Crippen LogP contribution in [0.15, 0.2) is 58.5 Å². The van der Waals surface area contributed by atoms with Crippen molar-refractivity contribution in [2.24, 2.45) is 5.10 Å². The van der Waals surface area contributed by atoms with Gasteiger partial charge < -0.3 is 5.11 Å². The second kappa shape index (κ2) is 7.66. The predicted molar refractivity (Wildman–Crippen MR) is 92.1 cm³/mol. The van der Waals surface area contributed by atoms with Crippen LogP contribution in [-0.2, 0) is 0 Å². The highest BCUT2D eigenvalue weighted by Crippen LogP contribution is 2.22. The van der Waals surface area contributed by atoms with E-state index in [2.05, 4.69) is 36.5 Å². The van der Waals surface area contributed by atoms with Crippen molar-refractivity contribution in [1.29, 1.82) is 0 Å². The summed E-state index contributed by atoms with van der Waals surface area (Å²) in [5, 5.41) is 13.5. The van der Waals surface area contributed by atoms with Crippen LogP contribution >= 0.6 is 11.8 Å². The van der Waals surface area contributed by atoms with Crippen LogP contribution in [0, 0.1) is 0 Å². The van der Waals surface area contributed by atoms with Crippen LogP contribution in [-0.4, -0.2) is 22.5 Å². The molecular formula is C17H18N2O2S. The second-order valence-electron chi connectivity index (χ2n) is 4.99. The molecular weight excluding hydrogens is 296 g/mol. The van der Waals surface area contributed by atoms with Crippen molar-refractivity contribution in [2.45, 2.75) is 24.0 Å². The van der Waals surface area contributed by atoms with E-state index in [4.69, 9.17) is 5.11 Å². The first kappa shape index (κ1) is 16.1. The fourth-order valence-electron chi connectivity index (χ4n) is 1.77. The normalized spacial score (nSPS) is 11.0. The monoisotopic (exact) mass is 314 g/mol. The molecule has 0 aromatic heterocycles. The maximum atomic E-state index is 10.8. The summed E-state index contributed by atoms with van der Waals surface area (Å²) >= 11 is 1.82. The number of anilines is 1. The van der Waals surface area contributed by atoms with E-state index in [-0.39, 0.29) is 5.56 Å². The maximum Gasteiger partial charge on any atom is 0.335 e. The van der Waals surface area contributed by atoms with Gasteiger partial charge in [0.25, 0.3) is 0 Å². The van der Waals surface area contributed by atoms with Gasteiger partial charge in [-0.15, -0.1) is 11.8 Å². The van der Waals surface area contributed by atoms with Crippen molar-refractivity contribution in [1.82, 2.24) is 0 Å². The molecule has 2 N–H and O–H groups in total. The van der Waals surface area contributed by atoms with Crippen LogP contribution in [0.2, 0.25) is 0 Å². The lowest BCUT2D eigenvalue weighted by molar-refractivity contribution is 0.0697. The molecule has 4 nitrogen and oxygen atoms in total. The number of hydrogen-bond acceptors (Lipinski definition) is 4. The van der Waals surface area contributed by atoms with Crippen LogP contribution in [0.3, 0.4) is 0 Å². The Hall–Kier alpha value is -2.27. The molecule has 0 heterocycles. The van der Waals surface area contributed by atoms with E-state index in [0.717, 1.165) is 11.3 Å². The zero-order chi connectivity index (χ0) is 15.9. The first-order valence-corrected chi connectivity index (χ1v) is 7.82. The third-order valence-corrected chi connectivity index (χ3v) is 3.81. The highest BCUT2D eigenvalue weighted by molar-refractivity contribution is 7.99. The number of carbonyl (C=O) groups is 1. The van der Waals surface area contributed by atoms with Crippen molar-refractivity contribution in [3.63, 3.8) is 0 Å². The molecule has 2 rings (SSSR count). The van der Waals surface area contributed by atoms with Gasteiger partial charge >= 0.3 is 5.97 Å². The zero-order valence-corrected chi connectivity index (χ0v) is 13.3. The summed E-state index contributed by atoms with van der Waals surface area (Å²) in [5.41, 5.74) is 4.88. The number of nitrogens with one attached hydrogen (secondary N) is 1. The summed E-state index contributed by atoms with van der Waals surface area (Å²) in [6, 6.07) is 14.6. The average Bonchev–Trinajstić information content (AvgIpc) is 2.49. The quantitative estimate of drug-likeness (QED) is 0.473. The van der Waals surface area contributed by atoms with Gasteiger partial charge in [-0.3, -0.25) is 5.43 Å². The molecule has 0 radical (unpaired) electrons. The predicted octanol–water partition coefficient (Wildman–Crippen LogP) is 4.33. The van der Waals surface area contributed by atoms with Crippen LogP contribution in [0.25, 0.3) is 0 Å². The summed E-state index contributed by atoms with van der Waals surface area (Å²) in [6.45, 7) is 4.33. The van der Waals surface area contributed by atoms with Crippen LogP contribution in [0.5, 0.6) is 0 Å². The number of hydrogen-bond donors (Lipinski definition) is 2. The standard InChI is InChI=1S/C17H18N2O2S/c1-12(2)22-16-9-3-13(4-10-16)11-18-19-15-7-5-14(6-8-15)17(20)21/h3-12,19H,1-2H3,(H,20,21). The summed E-state index contributed by atoms with van der Waals surface area (Å²) in [6.07, 6.45) is 1.73. The van der Waals surface area contributed by atoms with E-state index < -0.39 is 5.97 Å². The molecule has 0 bridgehead atoms. The molecule has 2 aromatic carbocycles. The smallest absolute Gasteiger partial charge is 0.335 e. The van der Waals surface area contributed by atoms with Crippen molar-refractivity contribution < 1.29 is 9.90 Å². The molecule has 0 unspecified atom stereocenters. The van der Waals surface area contributed by atoms with E-state index in [1.54, 1.807) is 18.3 Å². The minimum atomic E-state index is -0.936. The van der Waals surface area contributed by atoms with Gasteiger partial charge in [-0.25, -0.2) is 4.79 Å². The molecule has 0 amide bonds. The molecule has 2 aromatic rings. The Kier molecular flexibility index (Phi) is 5.61. The topological polar surface area (TPSA) is 61.7 Å². The fraction of sp³-hybridized carbons (Fsp3) is 0.176. The van der Waals surface area contributed by atoms with Crippen LogP contribution < -0.4 is 5.43 Å². The third-order valence-electron chi connectivity index (χ3n) is 2.79. The third kappa shape index (κ3) is 4.93. The van der Waals surface area contributed by atoms with E-state index in [1.807, 2.05) is 23.9 Å². The Labute approximate surface area is 134 Å². The Balaban J connectivity index is 1.93. The number of thioether (sulfide) groups is 1. The van der Waals surface area contributed by atoms with Gasteiger partial charge in [0.2, 0.25) is 0 Å². The van der Waals surface area contributed by atoms with E-state index in [0.29, 0.717) is 5.25 Å². The van der Waals surface area contributed by atoms with Gasteiger partial charge in [0, 0.05) is 10.1 Å². The zero-order valence-electron chi connectivity index (χ0n) is 12.5. The molecule has 0 saturated carbocycles. The highest BCUT2D eigenvalue weighted by atomic mass is 32.2.